The Labute approximate surface area is 132 Å². The third-order valence-corrected chi connectivity index (χ3v) is 4.34. The number of hydrogen-bond donors (Lipinski definition) is 1. The summed E-state index contributed by atoms with van der Waals surface area (Å²) in [6, 6.07) is 15.6. The minimum absolute atomic E-state index is 1.06. The molecule has 0 saturated heterocycles. The highest BCUT2D eigenvalue weighted by atomic mass is 14.7. The molecule has 0 fully saturated rings. The Bertz CT molecular complexity index is 808. The number of nitrogens with one attached hydrogen (secondary N) is 1. The molecular weight excluding hydrogens is 266 g/mol. The Balaban J connectivity index is 1.82. The quantitative estimate of drug-likeness (QED) is 0.634. The maximum absolute atomic E-state index is 4.15. The van der Waals surface area contributed by atoms with Crippen LogP contribution in [0.4, 0.5) is 0 Å². The predicted molar refractivity (Wildman–Crippen MR) is 96.2 cm³/mol. The van der Waals surface area contributed by atoms with Crippen molar-refractivity contribution in [1.82, 2.24) is 4.98 Å². The highest BCUT2D eigenvalue weighted by molar-refractivity contribution is 5.79. The van der Waals surface area contributed by atoms with Crippen LogP contribution in [0, 0.1) is 0 Å². The van der Waals surface area contributed by atoms with Gasteiger partial charge in [0.25, 0.3) is 0 Å². The van der Waals surface area contributed by atoms with Gasteiger partial charge in [0.2, 0.25) is 0 Å². The van der Waals surface area contributed by atoms with E-state index in [2.05, 4.69) is 67.9 Å². The van der Waals surface area contributed by atoms with E-state index in [1.54, 1.807) is 0 Å². The lowest BCUT2D eigenvalue weighted by Gasteiger charge is -2.11. The summed E-state index contributed by atoms with van der Waals surface area (Å²) in [4.78, 5) is 3.25. The lowest BCUT2D eigenvalue weighted by molar-refractivity contribution is 0.954. The van der Waals surface area contributed by atoms with Gasteiger partial charge in [0.05, 0.1) is 0 Å². The van der Waals surface area contributed by atoms with Crippen molar-refractivity contribution in [1.29, 1.82) is 0 Å². The first-order valence-corrected chi connectivity index (χ1v) is 8.01. The number of H-pyrrole nitrogens is 1. The van der Waals surface area contributed by atoms with Gasteiger partial charge >= 0.3 is 0 Å². The molecule has 1 nitrogen and oxygen atoms in total. The van der Waals surface area contributed by atoms with E-state index in [4.69, 9.17) is 0 Å². The first-order valence-electron chi connectivity index (χ1n) is 8.01. The van der Waals surface area contributed by atoms with Crippen molar-refractivity contribution in [3.8, 4) is 0 Å². The minimum atomic E-state index is 1.06. The second-order valence-electron chi connectivity index (χ2n) is 6.02. The first-order chi connectivity index (χ1) is 10.7. The van der Waals surface area contributed by atoms with Crippen molar-refractivity contribution in [3.05, 3.63) is 77.5 Å². The van der Waals surface area contributed by atoms with Gasteiger partial charge in [0, 0.05) is 11.7 Å². The van der Waals surface area contributed by atoms with Crippen molar-refractivity contribution in [2.75, 3.05) is 0 Å². The van der Waals surface area contributed by atoms with Crippen LogP contribution in [-0.4, -0.2) is 4.98 Å². The van der Waals surface area contributed by atoms with Gasteiger partial charge in [-0.3, -0.25) is 0 Å². The van der Waals surface area contributed by atoms with Crippen LogP contribution >= 0.6 is 0 Å². The second-order valence-corrected chi connectivity index (χ2v) is 6.02. The summed E-state index contributed by atoms with van der Waals surface area (Å²) in [5, 5.41) is 1.29. The second kappa shape index (κ2) is 6.23. The molecular formula is C21H23N. The molecule has 0 aliphatic heterocycles. The van der Waals surface area contributed by atoms with E-state index in [9.17, 15) is 0 Å². The lowest BCUT2D eigenvalue weighted by atomic mass is 9.94. The average molecular weight is 289 g/mol. The number of aromatic nitrogens is 1. The van der Waals surface area contributed by atoms with Crippen molar-refractivity contribution >= 4 is 16.5 Å². The summed E-state index contributed by atoms with van der Waals surface area (Å²) >= 11 is 0. The Morgan fingerprint density at radius 3 is 2.59 bits per heavy atom. The van der Waals surface area contributed by atoms with Crippen LogP contribution in [0.2, 0.25) is 0 Å². The van der Waals surface area contributed by atoms with Crippen LogP contribution in [0.5, 0.6) is 0 Å². The molecule has 1 heteroatoms. The van der Waals surface area contributed by atoms with Crippen LogP contribution in [0.15, 0.2) is 55.2 Å². The molecule has 0 aliphatic rings. The van der Waals surface area contributed by atoms with Crippen LogP contribution < -0.4 is 0 Å². The molecule has 1 N–H and O–H groups in total. The topological polar surface area (TPSA) is 15.8 Å². The van der Waals surface area contributed by atoms with Crippen molar-refractivity contribution < 1.29 is 0 Å². The van der Waals surface area contributed by atoms with Crippen molar-refractivity contribution in [3.63, 3.8) is 0 Å². The smallest absolute Gasteiger partial charge is 0.0454 e. The van der Waals surface area contributed by atoms with E-state index < -0.39 is 0 Å². The summed E-state index contributed by atoms with van der Waals surface area (Å²) in [5.74, 6) is 0. The molecule has 0 spiro atoms. The van der Waals surface area contributed by atoms with Gasteiger partial charge in [-0.1, -0.05) is 43.3 Å². The Kier molecular flexibility index (Phi) is 4.15. The highest BCUT2D eigenvalue weighted by Gasteiger charge is 2.06. The Hall–Kier alpha value is -2.28. The zero-order valence-electron chi connectivity index (χ0n) is 13.4. The standard InChI is InChI=1S/C21H23N/c1-4-16-5-8-18(20(14-16)15(2)3)9-6-17-7-10-21-19(13-17)11-12-22-21/h5,7-8,10-14,22H,2,4,6,9H2,1,3H3. The minimum Gasteiger partial charge on any atom is -0.361 e. The fourth-order valence-electron chi connectivity index (χ4n) is 3.00. The summed E-state index contributed by atoms with van der Waals surface area (Å²) in [6.45, 7) is 8.45. The van der Waals surface area contributed by atoms with Gasteiger partial charge in [-0.25, -0.2) is 0 Å². The predicted octanol–water partition coefficient (Wildman–Crippen LogP) is 5.55. The van der Waals surface area contributed by atoms with Crippen molar-refractivity contribution in [2.45, 2.75) is 33.1 Å². The summed E-state index contributed by atoms with van der Waals surface area (Å²) in [5.41, 5.74) is 7.86. The summed E-state index contributed by atoms with van der Waals surface area (Å²) in [7, 11) is 0. The number of aryl methyl sites for hydroxylation is 3. The van der Waals surface area contributed by atoms with Crippen molar-refractivity contribution in [2.24, 2.45) is 0 Å². The monoisotopic (exact) mass is 289 g/mol. The van der Waals surface area contributed by atoms with Crippen LogP contribution in [0.25, 0.3) is 16.5 Å². The van der Waals surface area contributed by atoms with E-state index >= 15 is 0 Å². The van der Waals surface area contributed by atoms with E-state index in [0.29, 0.717) is 0 Å². The van der Waals surface area contributed by atoms with Gasteiger partial charge in [-0.15, -0.1) is 0 Å². The Morgan fingerprint density at radius 2 is 1.82 bits per heavy atom. The largest absolute Gasteiger partial charge is 0.361 e. The van der Waals surface area contributed by atoms with Gasteiger partial charge in [0.1, 0.15) is 0 Å². The van der Waals surface area contributed by atoms with E-state index in [1.165, 1.54) is 33.2 Å². The number of benzene rings is 2. The number of aromatic amines is 1. The zero-order valence-corrected chi connectivity index (χ0v) is 13.4. The summed E-state index contributed by atoms with van der Waals surface area (Å²) < 4.78 is 0. The Morgan fingerprint density at radius 1 is 1.00 bits per heavy atom. The molecule has 0 bridgehead atoms. The van der Waals surface area contributed by atoms with Gasteiger partial charge in [-0.05, 0) is 72.0 Å². The molecule has 112 valence electrons. The van der Waals surface area contributed by atoms with Crippen LogP contribution in [-0.2, 0) is 19.3 Å². The first kappa shape index (κ1) is 14.6. The molecule has 2 aromatic carbocycles. The molecule has 0 unspecified atom stereocenters. The van der Waals surface area contributed by atoms with Gasteiger partial charge in [0.15, 0.2) is 0 Å². The normalized spacial score (nSPS) is 11.0. The van der Waals surface area contributed by atoms with E-state index in [0.717, 1.165) is 24.8 Å². The maximum Gasteiger partial charge on any atom is 0.0454 e. The molecule has 0 radical (unpaired) electrons. The molecule has 1 aromatic heterocycles. The molecule has 0 amide bonds. The zero-order chi connectivity index (χ0) is 15.5. The average Bonchev–Trinajstić information content (AvgIpc) is 3.00. The number of rotatable bonds is 5. The molecule has 22 heavy (non-hydrogen) atoms. The molecule has 0 saturated carbocycles. The van der Waals surface area contributed by atoms with Crippen LogP contribution in [0.1, 0.15) is 36.1 Å². The van der Waals surface area contributed by atoms with Gasteiger partial charge in [-0.2, -0.15) is 0 Å². The highest BCUT2D eigenvalue weighted by Crippen LogP contribution is 2.22. The molecule has 0 atom stereocenters. The van der Waals surface area contributed by atoms with E-state index in [-0.39, 0.29) is 0 Å². The third kappa shape index (κ3) is 2.99. The molecule has 3 rings (SSSR count). The lowest BCUT2D eigenvalue weighted by Crippen LogP contribution is -1.97. The number of allylic oxidation sites excluding steroid dienone is 1. The fraction of sp³-hybridized carbons (Fsp3) is 0.238. The SMILES string of the molecule is C=C(C)c1cc(CC)ccc1CCc1ccc2[nH]ccc2c1. The molecule has 3 aromatic rings. The van der Waals surface area contributed by atoms with E-state index in [1.807, 2.05) is 6.20 Å². The third-order valence-electron chi connectivity index (χ3n) is 4.34. The maximum atomic E-state index is 4.15. The molecule has 1 heterocycles. The number of fused-ring (bicyclic) bond motifs is 1. The fourth-order valence-corrected chi connectivity index (χ4v) is 3.00. The summed E-state index contributed by atoms with van der Waals surface area (Å²) in [6.07, 6.45) is 5.19. The van der Waals surface area contributed by atoms with Crippen LogP contribution in [0.3, 0.4) is 0 Å². The van der Waals surface area contributed by atoms with Gasteiger partial charge < -0.3 is 4.98 Å². The number of hydrogen-bond acceptors (Lipinski definition) is 0. The molecule has 0 aliphatic carbocycles.